The van der Waals surface area contributed by atoms with Crippen LogP contribution in [0.25, 0.3) is 0 Å². The Morgan fingerprint density at radius 2 is 1.00 bits per heavy atom. The lowest BCUT2D eigenvalue weighted by Crippen LogP contribution is -2.41. The predicted octanol–water partition coefficient (Wildman–Crippen LogP) is 4.36. The van der Waals surface area contributed by atoms with Crippen LogP contribution in [0.15, 0.2) is 23.3 Å². The van der Waals surface area contributed by atoms with E-state index >= 15 is 0 Å². The molecule has 4 aliphatic rings. The van der Waals surface area contributed by atoms with Gasteiger partial charge in [-0.2, -0.15) is 0 Å². The lowest BCUT2D eigenvalue weighted by molar-refractivity contribution is -0.230. The zero-order valence-electron chi connectivity index (χ0n) is 16.2. The lowest BCUT2D eigenvalue weighted by Gasteiger charge is -2.36. The number of unbranched alkanes of at least 4 members (excludes halogenated alkanes) is 2. The molecule has 0 atom stereocenters. The van der Waals surface area contributed by atoms with E-state index in [1.807, 2.05) is 0 Å². The molecule has 0 amide bonds. The molecule has 0 unspecified atom stereocenters. The third kappa shape index (κ3) is 3.73. The van der Waals surface area contributed by atoms with Gasteiger partial charge in [0, 0.05) is 10.8 Å². The number of ether oxygens (including phenoxy) is 4. The Kier molecular flexibility index (Phi) is 4.19. The molecular formula is C21H32O4. The van der Waals surface area contributed by atoms with Gasteiger partial charge in [0.05, 0.1) is 26.4 Å². The Balaban J connectivity index is 1.08. The molecule has 2 fully saturated rings. The molecule has 2 spiro atoms. The third-order valence-electron chi connectivity index (χ3n) is 5.56. The van der Waals surface area contributed by atoms with E-state index in [0.29, 0.717) is 0 Å². The first-order chi connectivity index (χ1) is 11.7. The highest BCUT2D eigenvalue weighted by Crippen LogP contribution is 2.48. The van der Waals surface area contributed by atoms with E-state index in [1.54, 1.807) is 0 Å². The van der Waals surface area contributed by atoms with Crippen molar-refractivity contribution in [2.75, 3.05) is 26.4 Å². The summed E-state index contributed by atoms with van der Waals surface area (Å²) in [6, 6.07) is 0. The quantitative estimate of drug-likeness (QED) is 0.528. The van der Waals surface area contributed by atoms with Crippen molar-refractivity contribution in [2.45, 2.75) is 71.4 Å². The SMILES string of the molecule is CC1(C)COC2(C=C2CCCCCC2=CC23OCC(C)(C)CO3)OC1. The van der Waals surface area contributed by atoms with E-state index in [1.165, 1.54) is 30.4 Å². The Morgan fingerprint density at radius 1 is 0.640 bits per heavy atom. The van der Waals surface area contributed by atoms with Gasteiger partial charge in [-0.3, -0.25) is 0 Å². The van der Waals surface area contributed by atoms with Gasteiger partial charge in [0.1, 0.15) is 0 Å². The van der Waals surface area contributed by atoms with Crippen LogP contribution in [0.2, 0.25) is 0 Å². The van der Waals surface area contributed by atoms with Crippen LogP contribution in [0.5, 0.6) is 0 Å². The van der Waals surface area contributed by atoms with Crippen LogP contribution in [-0.4, -0.2) is 38.0 Å². The van der Waals surface area contributed by atoms with Crippen molar-refractivity contribution in [1.29, 1.82) is 0 Å². The van der Waals surface area contributed by atoms with Crippen molar-refractivity contribution >= 4 is 0 Å². The molecule has 4 nitrogen and oxygen atoms in total. The zero-order valence-corrected chi connectivity index (χ0v) is 16.2. The summed E-state index contributed by atoms with van der Waals surface area (Å²) >= 11 is 0. The molecule has 2 heterocycles. The zero-order chi connectivity index (χ0) is 17.8. The van der Waals surface area contributed by atoms with Gasteiger partial charge in [-0.05, 0) is 49.0 Å². The van der Waals surface area contributed by atoms with E-state index in [2.05, 4.69) is 39.8 Å². The molecule has 0 saturated carbocycles. The second kappa shape index (κ2) is 5.91. The average Bonchev–Trinajstić information content (AvgIpc) is 3.43. The van der Waals surface area contributed by atoms with Gasteiger partial charge in [-0.25, -0.2) is 0 Å². The summed E-state index contributed by atoms with van der Waals surface area (Å²) in [5, 5.41) is 0. The second-order valence-electron chi connectivity index (χ2n) is 9.72. The fraction of sp³-hybridized carbons (Fsp3) is 0.810. The Bertz CT molecular complexity index is 527. The van der Waals surface area contributed by atoms with Crippen molar-refractivity contribution in [3.05, 3.63) is 23.3 Å². The first-order valence-electron chi connectivity index (χ1n) is 9.75. The van der Waals surface area contributed by atoms with E-state index in [0.717, 1.165) is 39.3 Å². The molecule has 4 heteroatoms. The maximum Gasteiger partial charge on any atom is 0.211 e. The van der Waals surface area contributed by atoms with E-state index in [4.69, 9.17) is 18.9 Å². The van der Waals surface area contributed by atoms with Gasteiger partial charge in [-0.15, -0.1) is 0 Å². The highest BCUT2D eigenvalue weighted by Gasteiger charge is 2.51. The molecule has 0 aromatic heterocycles. The van der Waals surface area contributed by atoms with E-state index in [9.17, 15) is 0 Å². The van der Waals surface area contributed by atoms with Gasteiger partial charge < -0.3 is 18.9 Å². The number of rotatable bonds is 6. The fourth-order valence-electron chi connectivity index (χ4n) is 3.60. The topological polar surface area (TPSA) is 36.9 Å². The summed E-state index contributed by atoms with van der Waals surface area (Å²) in [5.41, 5.74) is 2.95. The molecule has 25 heavy (non-hydrogen) atoms. The van der Waals surface area contributed by atoms with Crippen LogP contribution < -0.4 is 0 Å². The van der Waals surface area contributed by atoms with Gasteiger partial charge in [0.25, 0.3) is 0 Å². The molecule has 0 radical (unpaired) electrons. The van der Waals surface area contributed by atoms with Gasteiger partial charge in [0.2, 0.25) is 11.6 Å². The Morgan fingerprint density at radius 3 is 1.36 bits per heavy atom. The first kappa shape index (κ1) is 17.7. The first-order valence-corrected chi connectivity index (χ1v) is 9.75. The van der Waals surface area contributed by atoms with Gasteiger partial charge >= 0.3 is 0 Å². The van der Waals surface area contributed by atoms with Crippen LogP contribution in [0, 0.1) is 10.8 Å². The fourth-order valence-corrected chi connectivity index (χ4v) is 3.60. The molecule has 0 aromatic rings. The summed E-state index contributed by atoms with van der Waals surface area (Å²) in [6.45, 7) is 11.8. The summed E-state index contributed by atoms with van der Waals surface area (Å²) < 4.78 is 23.8. The van der Waals surface area contributed by atoms with Crippen LogP contribution in [0.4, 0.5) is 0 Å². The minimum absolute atomic E-state index is 0.138. The second-order valence-corrected chi connectivity index (χ2v) is 9.72. The van der Waals surface area contributed by atoms with Gasteiger partial charge in [0.15, 0.2) is 0 Å². The Labute approximate surface area is 151 Å². The summed E-state index contributed by atoms with van der Waals surface area (Å²) in [5.74, 6) is -0.843. The monoisotopic (exact) mass is 348 g/mol. The van der Waals surface area contributed by atoms with Crippen molar-refractivity contribution in [3.63, 3.8) is 0 Å². The highest BCUT2D eigenvalue weighted by molar-refractivity contribution is 5.40. The minimum atomic E-state index is -0.421. The Hall–Kier alpha value is -0.680. The molecular weight excluding hydrogens is 316 g/mol. The van der Waals surface area contributed by atoms with Crippen molar-refractivity contribution in [2.24, 2.45) is 10.8 Å². The molecule has 0 bridgehead atoms. The molecule has 2 aliphatic heterocycles. The van der Waals surface area contributed by atoms with Crippen LogP contribution >= 0.6 is 0 Å². The van der Waals surface area contributed by atoms with Crippen LogP contribution in [0.1, 0.15) is 59.8 Å². The summed E-state index contributed by atoms with van der Waals surface area (Å²) in [7, 11) is 0. The van der Waals surface area contributed by atoms with Crippen molar-refractivity contribution in [1.82, 2.24) is 0 Å². The van der Waals surface area contributed by atoms with E-state index in [-0.39, 0.29) is 10.8 Å². The largest absolute Gasteiger partial charge is 0.342 e. The molecule has 4 rings (SSSR count). The molecule has 140 valence electrons. The highest BCUT2D eigenvalue weighted by atomic mass is 16.7. The normalized spacial score (nSPS) is 30.1. The predicted molar refractivity (Wildman–Crippen MR) is 96.1 cm³/mol. The van der Waals surface area contributed by atoms with Crippen molar-refractivity contribution < 1.29 is 18.9 Å². The maximum absolute atomic E-state index is 5.94. The maximum atomic E-state index is 5.94. The standard InChI is InChI=1S/C21H32O4/c1-18(2)12-22-20(23-13-18)10-16(20)8-6-5-7-9-17-11-21(17)24-14-19(3,4)15-25-21/h10-11H,5-9,12-15H2,1-4H3. The smallest absolute Gasteiger partial charge is 0.211 e. The van der Waals surface area contributed by atoms with Crippen LogP contribution in [0.3, 0.4) is 0 Å². The minimum Gasteiger partial charge on any atom is -0.342 e. The van der Waals surface area contributed by atoms with Crippen LogP contribution in [-0.2, 0) is 18.9 Å². The molecule has 0 aromatic carbocycles. The number of hydrogen-bond acceptors (Lipinski definition) is 4. The third-order valence-corrected chi connectivity index (χ3v) is 5.56. The molecule has 0 N–H and O–H groups in total. The summed E-state index contributed by atoms with van der Waals surface area (Å²) in [4.78, 5) is 0. The van der Waals surface area contributed by atoms with E-state index < -0.39 is 11.6 Å². The molecule has 2 saturated heterocycles. The van der Waals surface area contributed by atoms with Crippen molar-refractivity contribution in [3.8, 4) is 0 Å². The van der Waals surface area contributed by atoms with Gasteiger partial charge in [-0.1, -0.05) is 34.1 Å². The lowest BCUT2D eigenvalue weighted by atomic mass is 9.95. The summed E-state index contributed by atoms with van der Waals surface area (Å²) in [6.07, 6.45) is 10.1. The number of hydrogen-bond donors (Lipinski definition) is 0. The molecule has 2 aliphatic carbocycles. The average molecular weight is 348 g/mol.